The smallest absolute Gasteiger partial charge is 0.185 e. The van der Waals surface area contributed by atoms with Crippen molar-refractivity contribution >= 4 is 24.2 Å². The monoisotopic (exact) mass is 456 g/mol. The zero-order chi connectivity index (χ0) is 21.8. The van der Waals surface area contributed by atoms with Gasteiger partial charge in [0.1, 0.15) is 0 Å². The highest BCUT2D eigenvalue weighted by molar-refractivity contribution is 7.78. The van der Waals surface area contributed by atoms with Gasteiger partial charge in [-0.25, -0.2) is 0 Å². The van der Waals surface area contributed by atoms with Crippen LogP contribution in [0.5, 0.6) is 0 Å². The van der Waals surface area contributed by atoms with Crippen LogP contribution in [0.25, 0.3) is 10.8 Å². The van der Waals surface area contributed by atoms with Crippen LogP contribution in [-0.2, 0) is 0 Å². The molecule has 0 N–H and O–H groups in total. The molecule has 0 amide bonds. The number of carbonyl (C=O) groups is 1. The predicted molar refractivity (Wildman–Crippen MR) is 137 cm³/mol. The van der Waals surface area contributed by atoms with Crippen LogP contribution in [-0.4, -0.2) is 15.8 Å². The fraction of sp³-hybridized carbons (Fsp3) is 0.645. The second kappa shape index (κ2) is 6.94. The number of hydrogen-bond donors (Lipinski definition) is 0. The van der Waals surface area contributed by atoms with Gasteiger partial charge in [0.25, 0.3) is 0 Å². The maximum Gasteiger partial charge on any atom is 0.185 e. The summed E-state index contributed by atoms with van der Waals surface area (Å²) in [4.78, 5) is 15.0. The summed E-state index contributed by atoms with van der Waals surface area (Å²) in [6, 6.07) is 15.2. The third-order valence-electron chi connectivity index (χ3n) is 11.2. The van der Waals surface area contributed by atoms with E-state index in [1.54, 1.807) is 0 Å². The highest BCUT2D eigenvalue weighted by Gasteiger charge is 2.64. The Kier molecular flexibility index (Phi) is 4.21. The molecule has 0 unspecified atom stereocenters. The van der Waals surface area contributed by atoms with E-state index in [9.17, 15) is 0 Å². The Morgan fingerprint density at radius 3 is 1.52 bits per heavy atom. The van der Waals surface area contributed by atoms with E-state index < -0.39 is 7.92 Å². The van der Waals surface area contributed by atoms with E-state index in [0.717, 1.165) is 41.1 Å². The Labute approximate surface area is 199 Å². The van der Waals surface area contributed by atoms with Gasteiger partial charge in [0, 0.05) is 5.56 Å². The van der Waals surface area contributed by atoms with Gasteiger partial charge >= 0.3 is 0 Å². The lowest BCUT2D eigenvalue weighted by atomic mass is 9.55. The number of hydrogen-bond acceptors (Lipinski definition) is 1. The molecule has 8 aliphatic rings. The van der Waals surface area contributed by atoms with Crippen molar-refractivity contribution in [1.29, 1.82) is 0 Å². The lowest BCUT2D eigenvalue weighted by molar-refractivity contribution is 0.0186. The Morgan fingerprint density at radius 1 is 0.606 bits per heavy atom. The Balaban J connectivity index is 1.30. The molecule has 0 aliphatic heterocycles. The highest BCUT2D eigenvalue weighted by Crippen LogP contribution is 2.79. The number of fused-ring (bicyclic) bond motifs is 1. The number of benzene rings is 2. The summed E-state index contributed by atoms with van der Waals surface area (Å²) in [5, 5.41) is 3.19. The average Bonchev–Trinajstić information content (AvgIpc) is 2.76. The molecule has 0 atom stereocenters. The molecule has 10 rings (SSSR count). The summed E-state index contributed by atoms with van der Waals surface area (Å²) < 4.78 is 0. The normalized spacial score (nSPS) is 45.6. The standard InChI is InChI=1S/C31H37OP/c32-29(28-7-3-5-26-4-1-2-6-27(26)28)33(30-14-20-8-21(15-30)10-22(9-20)16-30)31-17-23-11-24(18-31)13-25(12-23)19-31/h1-7,20-25H,8-19H2. The third-order valence-corrected chi connectivity index (χ3v) is 14.8. The van der Waals surface area contributed by atoms with Gasteiger partial charge in [-0.15, -0.1) is 0 Å². The minimum atomic E-state index is -0.658. The molecule has 2 aromatic carbocycles. The van der Waals surface area contributed by atoms with Crippen molar-refractivity contribution in [3.8, 4) is 0 Å². The van der Waals surface area contributed by atoms with Crippen LogP contribution in [0.2, 0.25) is 0 Å². The molecule has 8 fully saturated rings. The van der Waals surface area contributed by atoms with E-state index in [4.69, 9.17) is 0 Å². The van der Waals surface area contributed by atoms with Gasteiger partial charge in [0.05, 0.1) is 0 Å². The topological polar surface area (TPSA) is 17.1 Å². The molecule has 172 valence electrons. The van der Waals surface area contributed by atoms with Gasteiger partial charge in [0.2, 0.25) is 0 Å². The summed E-state index contributed by atoms with van der Waals surface area (Å²) in [5.74, 6) is 5.56. The van der Waals surface area contributed by atoms with Crippen molar-refractivity contribution in [1.82, 2.24) is 0 Å². The molecule has 8 aliphatic carbocycles. The van der Waals surface area contributed by atoms with Crippen molar-refractivity contribution in [2.24, 2.45) is 35.5 Å². The summed E-state index contributed by atoms with van der Waals surface area (Å²) in [5.41, 5.74) is 1.69. The lowest BCUT2D eigenvalue weighted by Crippen LogP contribution is -2.57. The van der Waals surface area contributed by atoms with Crippen molar-refractivity contribution in [2.75, 3.05) is 0 Å². The van der Waals surface area contributed by atoms with Gasteiger partial charge in [-0.1, -0.05) is 42.5 Å². The van der Waals surface area contributed by atoms with Crippen molar-refractivity contribution in [3.63, 3.8) is 0 Å². The Morgan fingerprint density at radius 2 is 1.03 bits per heavy atom. The third kappa shape index (κ3) is 2.90. The maximum absolute atomic E-state index is 15.0. The largest absolute Gasteiger partial charge is 0.289 e. The summed E-state index contributed by atoms with van der Waals surface area (Å²) in [6.45, 7) is 0. The van der Waals surface area contributed by atoms with Crippen molar-refractivity contribution in [3.05, 3.63) is 48.0 Å². The molecule has 0 spiro atoms. The minimum Gasteiger partial charge on any atom is -0.289 e. The minimum absolute atomic E-state index is 0.365. The molecule has 1 nitrogen and oxygen atoms in total. The molecule has 0 aromatic heterocycles. The van der Waals surface area contributed by atoms with Gasteiger partial charge in [-0.05, 0) is 142 Å². The van der Waals surface area contributed by atoms with Gasteiger partial charge in [0.15, 0.2) is 5.52 Å². The summed E-state index contributed by atoms with van der Waals surface area (Å²) in [6.07, 6.45) is 17.2. The average molecular weight is 457 g/mol. The van der Waals surface area contributed by atoms with Crippen LogP contribution in [0.1, 0.15) is 87.4 Å². The molecular formula is C31H37OP. The Bertz CT molecular complexity index is 1010. The molecule has 0 saturated heterocycles. The van der Waals surface area contributed by atoms with E-state index >= 15 is 4.79 Å². The van der Waals surface area contributed by atoms with Crippen molar-refractivity contribution in [2.45, 2.75) is 87.4 Å². The first kappa shape index (κ1) is 20.0. The second-order valence-corrected chi connectivity index (χ2v) is 16.4. The van der Waals surface area contributed by atoms with Crippen LogP contribution in [0.3, 0.4) is 0 Å². The quantitative estimate of drug-likeness (QED) is 0.422. The molecule has 0 heterocycles. The van der Waals surface area contributed by atoms with E-state index in [1.807, 2.05) is 0 Å². The van der Waals surface area contributed by atoms with E-state index in [-0.39, 0.29) is 0 Å². The molecular weight excluding hydrogens is 419 g/mol. The number of rotatable bonds is 4. The predicted octanol–water partition coefficient (Wildman–Crippen LogP) is 8.40. The highest BCUT2D eigenvalue weighted by atomic mass is 31.1. The van der Waals surface area contributed by atoms with Gasteiger partial charge < -0.3 is 0 Å². The lowest BCUT2D eigenvalue weighted by Gasteiger charge is -2.66. The van der Waals surface area contributed by atoms with E-state index in [1.165, 1.54) is 87.8 Å². The maximum atomic E-state index is 15.0. The molecule has 33 heavy (non-hydrogen) atoms. The first-order valence-electron chi connectivity index (χ1n) is 13.9. The van der Waals surface area contributed by atoms with Gasteiger partial charge in [-0.2, -0.15) is 0 Å². The number of carbonyl (C=O) groups excluding carboxylic acids is 1. The summed E-state index contributed by atoms with van der Waals surface area (Å²) in [7, 11) is -0.658. The zero-order valence-corrected chi connectivity index (χ0v) is 20.7. The van der Waals surface area contributed by atoms with Crippen LogP contribution in [0.4, 0.5) is 0 Å². The molecule has 0 radical (unpaired) electrons. The molecule has 8 bridgehead atoms. The van der Waals surface area contributed by atoms with Gasteiger partial charge in [-0.3, -0.25) is 4.79 Å². The Hall–Kier alpha value is -1.20. The SMILES string of the molecule is O=C(c1cccc2ccccc12)P(C12CC3CC(CC(C3)C1)C2)C12CC3CC(CC(C3)C1)C2. The second-order valence-electron chi connectivity index (χ2n) is 13.5. The zero-order valence-electron chi connectivity index (χ0n) is 19.8. The van der Waals surface area contributed by atoms with Crippen LogP contribution in [0, 0.1) is 35.5 Å². The molecule has 2 heteroatoms. The van der Waals surface area contributed by atoms with Crippen molar-refractivity contribution < 1.29 is 4.79 Å². The molecule has 8 saturated carbocycles. The van der Waals surface area contributed by atoms with E-state index in [0.29, 0.717) is 15.8 Å². The fourth-order valence-electron chi connectivity index (χ4n) is 11.1. The first-order chi connectivity index (χ1) is 16.1. The van der Waals surface area contributed by atoms with Crippen LogP contribution in [0.15, 0.2) is 42.5 Å². The van der Waals surface area contributed by atoms with E-state index in [2.05, 4.69) is 42.5 Å². The van der Waals surface area contributed by atoms with Crippen LogP contribution >= 0.6 is 7.92 Å². The summed E-state index contributed by atoms with van der Waals surface area (Å²) >= 11 is 0. The molecule has 2 aromatic rings. The fourth-order valence-corrected chi connectivity index (χ4v) is 16.1. The first-order valence-corrected chi connectivity index (χ1v) is 15.3. The van der Waals surface area contributed by atoms with Crippen LogP contribution < -0.4 is 0 Å².